The second-order valence-electron chi connectivity index (χ2n) is 9.94. The van der Waals surface area contributed by atoms with Crippen molar-refractivity contribution in [3.05, 3.63) is 162 Å². The van der Waals surface area contributed by atoms with Gasteiger partial charge in [-0.15, -0.1) is 0 Å². The van der Waals surface area contributed by atoms with E-state index in [4.69, 9.17) is 0 Å². The van der Waals surface area contributed by atoms with Gasteiger partial charge in [-0.1, -0.05) is 133 Å². The van der Waals surface area contributed by atoms with Gasteiger partial charge in [-0.3, -0.25) is 0 Å². The van der Waals surface area contributed by atoms with Gasteiger partial charge in [0.2, 0.25) is 0 Å². The molecule has 0 saturated heterocycles. The summed E-state index contributed by atoms with van der Waals surface area (Å²) in [5.74, 6) is 0. The van der Waals surface area contributed by atoms with E-state index in [1.54, 1.807) is 24.3 Å². The number of hydrogen-bond acceptors (Lipinski definition) is 2. The molecule has 0 aliphatic heterocycles. The molecule has 6 aromatic rings. The predicted octanol–water partition coefficient (Wildman–Crippen LogP) is 8.77. The van der Waals surface area contributed by atoms with Crippen molar-refractivity contribution < 1.29 is 14.1 Å². The highest BCUT2D eigenvalue weighted by Gasteiger charge is 2.36. The number of benzene rings is 6. The third-order valence-electron chi connectivity index (χ3n) is 7.42. The molecule has 0 radical (unpaired) electrons. The maximum Gasteiger partial charge on any atom is 0.198 e. The molecule has 0 heterocycles. The van der Waals surface area contributed by atoms with Gasteiger partial charge >= 0.3 is 0 Å². The molecule has 0 fully saturated rings. The summed E-state index contributed by atoms with van der Waals surface area (Å²) in [6.45, 7) is 0. The van der Waals surface area contributed by atoms with Crippen LogP contribution in [0.3, 0.4) is 0 Å². The van der Waals surface area contributed by atoms with Crippen molar-refractivity contribution in [1.29, 1.82) is 0 Å². The Morgan fingerprint density at radius 1 is 0.600 bits per heavy atom. The van der Waals surface area contributed by atoms with E-state index in [1.807, 2.05) is 121 Å². The number of hydrogen-bond donors (Lipinski definition) is 1. The molecule has 6 aromatic carbocycles. The van der Waals surface area contributed by atoms with Crippen molar-refractivity contribution in [2.75, 3.05) is 0 Å². The number of aliphatic hydroxyl groups is 1. The van der Waals surface area contributed by atoms with Gasteiger partial charge in [0.15, 0.2) is 12.7 Å². The fraction of sp³-hybridized carbons (Fsp3) is 0.0556. The first-order valence-electron chi connectivity index (χ1n) is 13.3. The number of halogens is 1. The van der Waals surface area contributed by atoms with E-state index < -0.39 is 18.8 Å². The van der Waals surface area contributed by atoms with Crippen LogP contribution >= 0.6 is 7.14 Å². The Morgan fingerprint density at radius 2 is 1.05 bits per heavy atom. The van der Waals surface area contributed by atoms with Crippen molar-refractivity contribution in [2.24, 2.45) is 0 Å². The molecule has 0 spiro atoms. The third-order valence-corrected chi connectivity index (χ3v) is 10.3. The predicted molar refractivity (Wildman–Crippen MR) is 165 cm³/mol. The molecule has 0 amide bonds. The van der Waals surface area contributed by atoms with E-state index in [0.29, 0.717) is 21.7 Å². The summed E-state index contributed by atoms with van der Waals surface area (Å²) in [5, 5.41) is 15.8. The van der Waals surface area contributed by atoms with Crippen molar-refractivity contribution >= 4 is 44.9 Å². The van der Waals surface area contributed by atoms with Crippen molar-refractivity contribution in [3.8, 4) is 0 Å². The largest absolute Gasteiger partial charge is 0.388 e. The van der Waals surface area contributed by atoms with Gasteiger partial charge in [-0.2, -0.15) is 0 Å². The zero-order valence-electron chi connectivity index (χ0n) is 21.8. The molecule has 0 aliphatic rings. The molecule has 1 N–H and O–H groups in total. The van der Waals surface area contributed by atoms with Gasteiger partial charge in [0.25, 0.3) is 0 Å². The van der Waals surface area contributed by atoms with Crippen molar-refractivity contribution in [3.63, 3.8) is 0 Å². The van der Waals surface area contributed by atoms with Gasteiger partial charge in [0.1, 0.15) is 0 Å². The minimum Gasteiger partial charge on any atom is -0.388 e. The maximum absolute atomic E-state index is 17.4. The first-order chi connectivity index (χ1) is 19.5. The molecule has 0 saturated carbocycles. The van der Waals surface area contributed by atoms with Gasteiger partial charge in [0, 0.05) is 22.6 Å². The van der Waals surface area contributed by atoms with Crippen molar-refractivity contribution in [2.45, 2.75) is 12.5 Å². The monoisotopic (exact) mass is 542 g/mol. The quantitative estimate of drug-likeness (QED) is 0.205. The molecule has 40 heavy (non-hydrogen) atoms. The third kappa shape index (κ3) is 4.91. The van der Waals surface area contributed by atoms with E-state index >= 15 is 8.96 Å². The average molecular weight is 543 g/mol. The second-order valence-corrected chi connectivity index (χ2v) is 12.6. The average Bonchev–Trinajstić information content (AvgIpc) is 3.03. The maximum atomic E-state index is 17.4. The van der Waals surface area contributed by atoms with Crippen LogP contribution in [0, 0.1) is 0 Å². The first kappa shape index (κ1) is 26.0. The van der Waals surface area contributed by atoms with E-state index in [0.717, 1.165) is 21.5 Å². The lowest BCUT2D eigenvalue weighted by Gasteiger charge is -2.23. The van der Waals surface area contributed by atoms with Crippen LogP contribution in [0.1, 0.15) is 23.7 Å². The fourth-order valence-electron chi connectivity index (χ4n) is 5.26. The Balaban J connectivity index is 1.61. The Kier molecular flexibility index (Phi) is 7.17. The molecule has 4 heteroatoms. The molecule has 2 nitrogen and oxygen atoms in total. The summed E-state index contributed by atoms with van der Waals surface area (Å²) in [4.78, 5) is 0. The van der Waals surface area contributed by atoms with Crippen LogP contribution in [0.5, 0.6) is 0 Å². The van der Waals surface area contributed by atoms with Gasteiger partial charge in [-0.05, 0) is 44.8 Å². The summed E-state index contributed by atoms with van der Waals surface area (Å²) in [5.41, 5.74) is 0.799. The number of rotatable bonds is 7. The van der Waals surface area contributed by atoms with Crippen LogP contribution in [-0.4, -0.2) is 5.11 Å². The van der Waals surface area contributed by atoms with Gasteiger partial charge in [0.05, 0.1) is 6.10 Å². The Bertz CT molecular complexity index is 1800. The molecule has 0 aromatic heterocycles. The molecule has 6 rings (SSSR count). The molecule has 0 aliphatic carbocycles. The molecule has 1 unspecified atom stereocenters. The van der Waals surface area contributed by atoms with Crippen LogP contribution in [0.2, 0.25) is 0 Å². The standard InChI is InChI=1S/C36H28FO2P/c37-36(34(28-13-3-1-4-14-28)25-35(38)29-15-5-2-6-16-29)40(39,32-21-19-26-11-7-9-17-30(26)23-32)33-22-20-27-12-8-10-18-31(27)24-33/h1-24,35,38H,25H2/b36-34-. The molecule has 196 valence electrons. The minimum absolute atomic E-state index is 0.0228. The molecular formula is C36H28FO2P. The van der Waals surface area contributed by atoms with E-state index in [9.17, 15) is 5.11 Å². The van der Waals surface area contributed by atoms with Crippen molar-refractivity contribution in [1.82, 2.24) is 0 Å². The van der Waals surface area contributed by atoms with E-state index in [1.165, 1.54) is 0 Å². The number of aliphatic hydroxyl groups excluding tert-OH is 1. The lowest BCUT2D eigenvalue weighted by atomic mass is 9.97. The summed E-state index contributed by atoms with van der Waals surface area (Å²) < 4.78 is 32.8. The fourth-order valence-corrected chi connectivity index (χ4v) is 7.82. The lowest BCUT2D eigenvalue weighted by molar-refractivity contribution is 0.183. The van der Waals surface area contributed by atoms with Crippen LogP contribution < -0.4 is 10.6 Å². The summed E-state index contributed by atoms with van der Waals surface area (Å²) >= 11 is 0. The van der Waals surface area contributed by atoms with Crippen LogP contribution in [0.25, 0.3) is 27.1 Å². The van der Waals surface area contributed by atoms with E-state index in [-0.39, 0.29) is 12.0 Å². The van der Waals surface area contributed by atoms with Crippen LogP contribution in [0.15, 0.2) is 151 Å². The van der Waals surface area contributed by atoms with Crippen LogP contribution in [-0.2, 0) is 4.57 Å². The lowest BCUT2D eigenvalue weighted by Crippen LogP contribution is -2.18. The Morgan fingerprint density at radius 3 is 1.57 bits per heavy atom. The zero-order valence-corrected chi connectivity index (χ0v) is 22.7. The molecule has 1 atom stereocenters. The first-order valence-corrected chi connectivity index (χ1v) is 15.0. The minimum atomic E-state index is -3.99. The Hall–Kier alpha value is -4.30. The zero-order chi connectivity index (χ0) is 27.5. The van der Waals surface area contributed by atoms with Crippen LogP contribution in [0.4, 0.5) is 4.39 Å². The second kappa shape index (κ2) is 11.1. The molecular weight excluding hydrogens is 514 g/mol. The summed E-state index contributed by atoms with van der Waals surface area (Å²) in [7, 11) is -3.99. The van der Waals surface area contributed by atoms with Gasteiger partial charge in [-0.25, -0.2) is 4.39 Å². The highest BCUT2D eigenvalue weighted by atomic mass is 31.2. The normalized spacial score (nSPS) is 13.2. The van der Waals surface area contributed by atoms with E-state index in [2.05, 4.69) is 0 Å². The highest BCUT2D eigenvalue weighted by Crippen LogP contribution is 2.56. The topological polar surface area (TPSA) is 37.3 Å². The smallest absolute Gasteiger partial charge is 0.198 e. The molecule has 0 bridgehead atoms. The highest BCUT2D eigenvalue weighted by molar-refractivity contribution is 7.82. The Labute approximate surface area is 233 Å². The summed E-state index contributed by atoms with van der Waals surface area (Å²) in [6, 6.07) is 44.9. The summed E-state index contributed by atoms with van der Waals surface area (Å²) in [6.07, 6.45) is -0.991. The SMILES string of the molecule is O=P(/C(F)=C(/CC(O)c1ccccc1)c1ccccc1)(c1ccc2ccccc2c1)c1ccc2ccccc2c1. The van der Waals surface area contributed by atoms with Gasteiger partial charge < -0.3 is 9.67 Å². The number of fused-ring (bicyclic) bond motifs is 2.